The SMILES string of the molecule is Cc1cccc(C#Cc2cc(N)cc(C#Cc3cc(C#Cc4cc(N)cc(C#Cc5ccccc5)c4C)cc(C#Cc4cc(N)cc(C#Cc5cc(C)cc(C)c5)c4C)c3)c2C)c1. The van der Waals surface area contributed by atoms with Gasteiger partial charge >= 0.3 is 0 Å². The Kier molecular flexibility index (Phi) is 12.9. The Morgan fingerprint density at radius 2 is 0.556 bits per heavy atom. The molecule has 3 nitrogen and oxygen atoms in total. The van der Waals surface area contributed by atoms with Crippen molar-refractivity contribution in [2.24, 2.45) is 0 Å². The van der Waals surface area contributed by atoms with Crippen LogP contribution in [-0.4, -0.2) is 0 Å². The van der Waals surface area contributed by atoms with Crippen LogP contribution in [0.25, 0.3) is 0 Å². The van der Waals surface area contributed by atoms with Gasteiger partial charge in [0, 0.05) is 83.8 Å². The van der Waals surface area contributed by atoms with E-state index in [0.717, 1.165) is 89.0 Å². The predicted molar refractivity (Wildman–Crippen MR) is 263 cm³/mol. The summed E-state index contributed by atoms with van der Waals surface area (Å²) in [5.41, 5.74) is 37.2. The summed E-state index contributed by atoms with van der Waals surface area (Å²) in [7, 11) is 0. The molecule has 0 aliphatic carbocycles. The van der Waals surface area contributed by atoms with Gasteiger partial charge < -0.3 is 17.2 Å². The number of hydrogen-bond acceptors (Lipinski definition) is 3. The molecule has 6 N–H and O–H groups in total. The molecule has 0 unspecified atom stereocenters. The molecule has 7 rings (SSSR count). The lowest BCUT2D eigenvalue weighted by Crippen LogP contribution is -1.95. The van der Waals surface area contributed by atoms with Crippen molar-refractivity contribution in [1.29, 1.82) is 0 Å². The molecule has 0 heterocycles. The first-order valence-corrected chi connectivity index (χ1v) is 20.5. The second-order valence-corrected chi connectivity index (χ2v) is 15.6. The quantitative estimate of drug-likeness (QED) is 0.106. The second kappa shape index (κ2) is 19.1. The van der Waals surface area contributed by atoms with E-state index in [1.807, 2.05) is 118 Å². The molecule has 0 saturated heterocycles. The Morgan fingerprint density at radius 3 is 0.921 bits per heavy atom. The number of hydrogen-bond donors (Lipinski definition) is 3. The lowest BCUT2D eigenvalue weighted by atomic mass is 9.99. The van der Waals surface area contributed by atoms with Gasteiger partial charge in [0.2, 0.25) is 0 Å². The maximum atomic E-state index is 6.42. The molecule has 0 amide bonds. The number of nitrogen functional groups attached to an aromatic ring is 3. The highest BCUT2D eigenvalue weighted by atomic mass is 14.5. The zero-order valence-corrected chi connectivity index (χ0v) is 36.4. The van der Waals surface area contributed by atoms with E-state index in [1.165, 1.54) is 11.1 Å². The van der Waals surface area contributed by atoms with Crippen LogP contribution in [0.15, 0.2) is 127 Å². The third-order valence-corrected chi connectivity index (χ3v) is 10.3. The first-order chi connectivity index (χ1) is 30.3. The van der Waals surface area contributed by atoms with E-state index < -0.39 is 0 Å². The fourth-order valence-electron chi connectivity index (χ4n) is 6.96. The van der Waals surface area contributed by atoms with E-state index in [1.54, 1.807) is 0 Å². The molecule has 3 heteroatoms. The fraction of sp³-hybridized carbons (Fsp3) is 0.100. The van der Waals surface area contributed by atoms with Gasteiger partial charge in [-0.05, 0) is 166 Å². The number of anilines is 3. The molecule has 300 valence electrons. The number of nitrogens with two attached hydrogens (primary N) is 3. The molecule has 0 aliphatic rings. The van der Waals surface area contributed by atoms with Gasteiger partial charge in [-0.3, -0.25) is 0 Å². The topological polar surface area (TPSA) is 78.1 Å². The highest BCUT2D eigenvalue weighted by Gasteiger charge is 2.07. The lowest BCUT2D eigenvalue weighted by Gasteiger charge is -2.05. The molecule has 7 aromatic rings. The van der Waals surface area contributed by atoms with Crippen LogP contribution in [0.5, 0.6) is 0 Å². The highest BCUT2D eigenvalue weighted by Crippen LogP contribution is 2.22. The Bertz CT molecular complexity index is 3330. The molecule has 0 aliphatic heterocycles. The van der Waals surface area contributed by atoms with Crippen molar-refractivity contribution < 1.29 is 0 Å². The molecule has 0 bridgehead atoms. The van der Waals surface area contributed by atoms with Crippen LogP contribution in [0.3, 0.4) is 0 Å². The summed E-state index contributed by atoms with van der Waals surface area (Å²) >= 11 is 0. The minimum Gasteiger partial charge on any atom is -0.399 e. The first-order valence-electron chi connectivity index (χ1n) is 20.5. The van der Waals surface area contributed by atoms with Crippen molar-refractivity contribution in [2.45, 2.75) is 41.5 Å². The van der Waals surface area contributed by atoms with Gasteiger partial charge in [-0.2, -0.15) is 0 Å². The van der Waals surface area contributed by atoms with Crippen LogP contribution in [0.4, 0.5) is 17.1 Å². The van der Waals surface area contributed by atoms with Gasteiger partial charge in [-0.25, -0.2) is 0 Å². The summed E-state index contributed by atoms with van der Waals surface area (Å²) in [6, 6.07) is 41.5. The molecule has 0 spiro atoms. The first kappa shape index (κ1) is 42.4. The van der Waals surface area contributed by atoms with Gasteiger partial charge in [0.15, 0.2) is 0 Å². The minimum atomic E-state index is 0.587. The van der Waals surface area contributed by atoms with Crippen molar-refractivity contribution in [1.82, 2.24) is 0 Å². The summed E-state index contributed by atoms with van der Waals surface area (Å²) in [5.74, 6) is 40.0. The molecular weight excluding hydrogens is 763 g/mol. The Labute approximate surface area is 372 Å². The average Bonchev–Trinajstić information content (AvgIpc) is 3.25. The van der Waals surface area contributed by atoms with Crippen LogP contribution in [0.1, 0.15) is 100 Å². The van der Waals surface area contributed by atoms with E-state index in [0.29, 0.717) is 17.1 Å². The van der Waals surface area contributed by atoms with Gasteiger partial charge in [0.1, 0.15) is 0 Å². The van der Waals surface area contributed by atoms with Gasteiger partial charge in [-0.1, -0.05) is 107 Å². The summed E-state index contributed by atoms with van der Waals surface area (Å²) in [6.07, 6.45) is 0. The zero-order chi connectivity index (χ0) is 44.5. The standard InChI is InChI=1S/C60H45N3/c1-40-11-10-14-47(28-40)16-22-53-35-59(62)38-56(44(53)5)25-19-50-31-49(18-24-55-37-58(61)34-52(43(55)4)21-15-46-12-8-7-9-13-46)32-51(33-50)20-26-57-39-60(63)36-54(45(57)6)23-17-48-29-41(2)27-42(3)30-48/h7-14,27-39H,61-63H2,1-6H3. The van der Waals surface area contributed by atoms with Crippen molar-refractivity contribution in [3.8, 4) is 71.0 Å². The maximum Gasteiger partial charge on any atom is 0.0339 e. The molecule has 0 fully saturated rings. The van der Waals surface area contributed by atoms with Crippen LogP contribution >= 0.6 is 0 Å². The summed E-state index contributed by atoms with van der Waals surface area (Å²) in [5, 5.41) is 0. The van der Waals surface area contributed by atoms with E-state index in [9.17, 15) is 0 Å². The zero-order valence-electron chi connectivity index (χ0n) is 36.4. The number of benzene rings is 7. The van der Waals surface area contributed by atoms with E-state index in [2.05, 4.69) is 122 Å². The van der Waals surface area contributed by atoms with E-state index >= 15 is 0 Å². The number of aryl methyl sites for hydroxylation is 3. The average molecular weight is 808 g/mol. The summed E-state index contributed by atoms with van der Waals surface area (Å²) in [6.45, 7) is 12.3. The summed E-state index contributed by atoms with van der Waals surface area (Å²) in [4.78, 5) is 0. The largest absolute Gasteiger partial charge is 0.399 e. The molecule has 0 aromatic heterocycles. The van der Waals surface area contributed by atoms with Crippen LogP contribution in [-0.2, 0) is 0 Å². The smallest absolute Gasteiger partial charge is 0.0339 e. The van der Waals surface area contributed by atoms with Crippen molar-refractivity contribution in [2.75, 3.05) is 17.2 Å². The van der Waals surface area contributed by atoms with Crippen molar-refractivity contribution in [3.63, 3.8) is 0 Å². The fourth-order valence-corrected chi connectivity index (χ4v) is 6.96. The molecule has 0 atom stereocenters. The molecule has 63 heavy (non-hydrogen) atoms. The van der Waals surface area contributed by atoms with Crippen molar-refractivity contribution in [3.05, 3.63) is 228 Å². The molecule has 0 radical (unpaired) electrons. The predicted octanol–water partition coefficient (Wildman–Crippen LogP) is 10.7. The Hall–Kier alpha value is -8.70. The lowest BCUT2D eigenvalue weighted by molar-refractivity contribution is 1.37. The van der Waals surface area contributed by atoms with E-state index in [-0.39, 0.29) is 0 Å². The van der Waals surface area contributed by atoms with Crippen LogP contribution in [0, 0.1) is 113 Å². The van der Waals surface area contributed by atoms with Crippen LogP contribution < -0.4 is 17.2 Å². The maximum absolute atomic E-state index is 6.42. The molecule has 0 saturated carbocycles. The molecule has 7 aromatic carbocycles. The monoisotopic (exact) mass is 807 g/mol. The normalized spacial score (nSPS) is 9.81. The molecular formula is C60H45N3. The summed E-state index contributed by atoms with van der Waals surface area (Å²) < 4.78 is 0. The van der Waals surface area contributed by atoms with Gasteiger partial charge in [-0.15, -0.1) is 0 Å². The van der Waals surface area contributed by atoms with Crippen LogP contribution in [0.2, 0.25) is 0 Å². The Morgan fingerprint density at radius 1 is 0.254 bits per heavy atom. The minimum absolute atomic E-state index is 0.587. The number of rotatable bonds is 0. The van der Waals surface area contributed by atoms with Gasteiger partial charge in [0.05, 0.1) is 0 Å². The second-order valence-electron chi connectivity index (χ2n) is 15.6. The Balaban J connectivity index is 1.29. The highest BCUT2D eigenvalue weighted by molar-refractivity contribution is 5.66. The van der Waals surface area contributed by atoms with E-state index in [4.69, 9.17) is 17.2 Å². The third kappa shape index (κ3) is 11.3. The van der Waals surface area contributed by atoms with Crippen molar-refractivity contribution >= 4 is 17.1 Å². The third-order valence-electron chi connectivity index (χ3n) is 10.3. The van der Waals surface area contributed by atoms with Gasteiger partial charge in [0.25, 0.3) is 0 Å².